The number of fused-ring (bicyclic) bond motifs is 1. The van der Waals surface area contributed by atoms with Crippen molar-refractivity contribution >= 4 is 20.9 Å². The second-order valence-corrected chi connectivity index (χ2v) is 9.13. The zero-order chi connectivity index (χ0) is 20.8. The van der Waals surface area contributed by atoms with Crippen LogP contribution in [0.4, 0.5) is 4.39 Å². The zero-order valence-corrected chi connectivity index (χ0v) is 16.0. The maximum atomic E-state index is 13.9. The number of β-amino-alcohol motifs (C(OH)–C–C–N with tert-alkyl or cyclic N) is 1. The Morgan fingerprint density at radius 1 is 1.14 bits per heavy atom. The van der Waals surface area contributed by atoms with Crippen molar-refractivity contribution in [3.8, 4) is 0 Å². The van der Waals surface area contributed by atoms with Crippen LogP contribution in [0.3, 0.4) is 0 Å². The molecule has 3 aromatic rings. The highest BCUT2D eigenvalue weighted by Crippen LogP contribution is 2.31. The van der Waals surface area contributed by atoms with Gasteiger partial charge in [-0.15, -0.1) is 0 Å². The topological polar surface area (TPSA) is 123 Å². The van der Waals surface area contributed by atoms with Crippen molar-refractivity contribution < 1.29 is 17.9 Å². The minimum atomic E-state index is -4.00. The summed E-state index contributed by atoms with van der Waals surface area (Å²) in [6.45, 7) is -0.128. The van der Waals surface area contributed by atoms with E-state index in [1.54, 1.807) is 18.2 Å². The number of hydrogen-bond donors (Lipinski definition) is 3. The van der Waals surface area contributed by atoms with Crippen LogP contribution in [0, 0.1) is 5.82 Å². The van der Waals surface area contributed by atoms with E-state index in [9.17, 15) is 27.5 Å². The first-order valence-corrected chi connectivity index (χ1v) is 10.3. The lowest BCUT2D eigenvalue weighted by molar-refractivity contribution is 0.0555. The molecule has 0 aliphatic carbocycles. The molecule has 0 saturated carbocycles. The van der Waals surface area contributed by atoms with Crippen molar-refractivity contribution in [1.82, 2.24) is 14.3 Å². The highest BCUT2D eigenvalue weighted by atomic mass is 32.2. The summed E-state index contributed by atoms with van der Waals surface area (Å²) in [5.74, 6) is -0.454. The smallest absolute Gasteiger partial charge is 0.326 e. The summed E-state index contributed by atoms with van der Waals surface area (Å²) < 4.78 is 41.1. The number of halogens is 1. The Morgan fingerprint density at radius 3 is 2.66 bits per heavy atom. The second-order valence-electron chi connectivity index (χ2n) is 7.20. The molecule has 152 valence electrons. The van der Waals surface area contributed by atoms with Gasteiger partial charge in [0.25, 0.3) is 5.56 Å². The van der Waals surface area contributed by atoms with E-state index in [1.165, 1.54) is 24.3 Å². The summed E-state index contributed by atoms with van der Waals surface area (Å²) >= 11 is 0. The SMILES string of the molecule is O=c1[nH]c(=O)c2cc(S(=O)(=O)N3CCC(O)(Cc4ccccc4F)C3)ccc2[nH]1. The Hall–Kier alpha value is -2.82. The van der Waals surface area contributed by atoms with Crippen LogP contribution in [0.2, 0.25) is 0 Å². The number of sulfonamides is 1. The lowest BCUT2D eigenvalue weighted by Crippen LogP contribution is -2.38. The molecular weight excluding hydrogens is 401 g/mol. The van der Waals surface area contributed by atoms with Crippen LogP contribution < -0.4 is 11.2 Å². The van der Waals surface area contributed by atoms with Gasteiger partial charge in [0, 0.05) is 19.5 Å². The van der Waals surface area contributed by atoms with Gasteiger partial charge in [-0.1, -0.05) is 18.2 Å². The van der Waals surface area contributed by atoms with Crippen molar-refractivity contribution in [2.45, 2.75) is 23.3 Å². The van der Waals surface area contributed by atoms with Gasteiger partial charge in [-0.05, 0) is 36.2 Å². The fraction of sp³-hybridized carbons (Fsp3) is 0.263. The largest absolute Gasteiger partial charge is 0.388 e. The maximum Gasteiger partial charge on any atom is 0.326 e. The fourth-order valence-electron chi connectivity index (χ4n) is 3.62. The Bertz CT molecular complexity index is 1320. The quantitative estimate of drug-likeness (QED) is 0.575. The van der Waals surface area contributed by atoms with Crippen LogP contribution in [0.1, 0.15) is 12.0 Å². The van der Waals surface area contributed by atoms with E-state index < -0.39 is 32.7 Å². The summed E-state index contributed by atoms with van der Waals surface area (Å²) in [7, 11) is -4.00. The van der Waals surface area contributed by atoms with Gasteiger partial charge in [0.15, 0.2) is 0 Å². The van der Waals surface area contributed by atoms with Gasteiger partial charge in [0.05, 0.1) is 21.4 Å². The van der Waals surface area contributed by atoms with Gasteiger partial charge >= 0.3 is 5.69 Å². The molecule has 3 N–H and O–H groups in total. The van der Waals surface area contributed by atoms with Crippen molar-refractivity contribution in [2.24, 2.45) is 0 Å². The van der Waals surface area contributed by atoms with Gasteiger partial charge in [-0.2, -0.15) is 4.31 Å². The van der Waals surface area contributed by atoms with E-state index in [0.29, 0.717) is 5.56 Å². The molecule has 1 fully saturated rings. The van der Waals surface area contributed by atoms with Gasteiger partial charge in [-0.3, -0.25) is 9.78 Å². The number of nitrogens with one attached hydrogen (secondary N) is 2. The normalized spacial score (nSPS) is 20.3. The van der Waals surface area contributed by atoms with Crippen LogP contribution >= 0.6 is 0 Å². The first-order chi connectivity index (χ1) is 13.7. The van der Waals surface area contributed by atoms with Crippen LogP contribution in [-0.4, -0.2) is 46.5 Å². The molecule has 29 heavy (non-hydrogen) atoms. The Balaban J connectivity index is 1.63. The van der Waals surface area contributed by atoms with E-state index in [2.05, 4.69) is 9.97 Å². The molecule has 1 atom stereocenters. The molecule has 0 radical (unpaired) electrons. The molecule has 1 aliphatic rings. The highest BCUT2D eigenvalue weighted by molar-refractivity contribution is 7.89. The average Bonchev–Trinajstić information content (AvgIpc) is 3.06. The summed E-state index contributed by atoms with van der Waals surface area (Å²) in [5.41, 5.74) is -2.24. The number of aliphatic hydroxyl groups is 1. The van der Waals surface area contributed by atoms with Gasteiger partial charge in [0.2, 0.25) is 10.0 Å². The average molecular weight is 419 g/mol. The molecule has 0 spiro atoms. The van der Waals surface area contributed by atoms with Crippen LogP contribution in [0.25, 0.3) is 10.9 Å². The summed E-state index contributed by atoms with van der Waals surface area (Å²) in [6.07, 6.45) is 0.145. The third-order valence-electron chi connectivity index (χ3n) is 5.12. The van der Waals surface area contributed by atoms with Gasteiger partial charge in [0.1, 0.15) is 5.82 Å². The Labute approximate surface area is 164 Å². The number of nitrogens with zero attached hydrogens (tertiary/aromatic N) is 1. The molecule has 8 nitrogen and oxygen atoms in total. The maximum absolute atomic E-state index is 13.9. The summed E-state index contributed by atoms with van der Waals surface area (Å²) in [5, 5.41) is 10.9. The Kier molecular flexibility index (Phi) is 4.64. The molecular formula is C19H18FN3O5S. The van der Waals surface area contributed by atoms with Crippen molar-refractivity contribution in [3.63, 3.8) is 0 Å². The van der Waals surface area contributed by atoms with Crippen molar-refractivity contribution in [1.29, 1.82) is 0 Å². The minimum Gasteiger partial charge on any atom is -0.388 e. The molecule has 2 heterocycles. The number of aromatic amines is 2. The van der Waals surface area contributed by atoms with E-state index in [-0.39, 0.29) is 41.7 Å². The molecule has 1 aliphatic heterocycles. The molecule has 2 aromatic carbocycles. The molecule has 10 heteroatoms. The number of hydrogen-bond acceptors (Lipinski definition) is 5. The Morgan fingerprint density at radius 2 is 1.90 bits per heavy atom. The van der Waals surface area contributed by atoms with Crippen LogP contribution in [0.5, 0.6) is 0 Å². The van der Waals surface area contributed by atoms with Crippen LogP contribution in [-0.2, 0) is 16.4 Å². The monoisotopic (exact) mass is 419 g/mol. The standard InChI is InChI=1S/C19H18FN3O5S/c20-15-4-2-1-3-12(15)10-19(26)7-8-23(11-19)29(27,28)13-5-6-16-14(9-13)17(24)22-18(25)21-16/h1-6,9,26H,7-8,10-11H2,(H2,21,22,24,25). The second kappa shape index (κ2) is 6.90. The van der Waals surface area contributed by atoms with Crippen molar-refractivity contribution in [2.75, 3.05) is 13.1 Å². The first kappa shape index (κ1) is 19.5. The molecule has 1 aromatic heterocycles. The van der Waals surface area contributed by atoms with Crippen LogP contribution in [0.15, 0.2) is 56.9 Å². The fourth-order valence-corrected chi connectivity index (χ4v) is 5.17. The summed E-state index contributed by atoms with van der Waals surface area (Å²) in [6, 6.07) is 9.88. The molecule has 1 saturated heterocycles. The number of H-pyrrole nitrogens is 2. The van der Waals surface area contributed by atoms with E-state index >= 15 is 0 Å². The van der Waals surface area contributed by atoms with E-state index in [1.807, 2.05) is 0 Å². The van der Waals surface area contributed by atoms with Crippen molar-refractivity contribution in [3.05, 3.63) is 74.7 Å². The third kappa shape index (κ3) is 3.61. The highest BCUT2D eigenvalue weighted by Gasteiger charge is 2.42. The zero-order valence-electron chi connectivity index (χ0n) is 15.2. The molecule has 0 bridgehead atoms. The van der Waals surface area contributed by atoms with Gasteiger partial charge in [-0.25, -0.2) is 17.6 Å². The summed E-state index contributed by atoms with van der Waals surface area (Å²) in [4.78, 5) is 27.7. The molecule has 1 unspecified atom stereocenters. The lowest BCUT2D eigenvalue weighted by atomic mass is 9.93. The minimum absolute atomic E-state index is 0.00960. The first-order valence-electron chi connectivity index (χ1n) is 8.90. The molecule has 0 amide bonds. The number of aromatic nitrogens is 2. The van der Waals surface area contributed by atoms with Gasteiger partial charge < -0.3 is 10.1 Å². The predicted molar refractivity (Wildman–Crippen MR) is 104 cm³/mol. The molecule has 4 rings (SSSR count). The number of benzene rings is 2. The van der Waals surface area contributed by atoms with E-state index in [0.717, 1.165) is 4.31 Å². The lowest BCUT2D eigenvalue weighted by Gasteiger charge is -2.23. The third-order valence-corrected chi connectivity index (χ3v) is 6.96. The predicted octanol–water partition coefficient (Wildman–Crippen LogP) is 0.724. The van der Waals surface area contributed by atoms with E-state index in [4.69, 9.17) is 0 Å². The number of rotatable bonds is 4.